The summed E-state index contributed by atoms with van der Waals surface area (Å²) in [5, 5.41) is 13.7. The largest absolute Gasteiger partial charge is 0.481 e. The molecule has 0 bridgehead atoms. The molecule has 0 radical (unpaired) electrons. The molecule has 0 aliphatic heterocycles. The number of aromatic nitrogens is 1. The van der Waals surface area contributed by atoms with Crippen LogP contribution in [0.4, 0.5) is 43.9 Å². The summed E-state index contributed by atoms with van der Waals surface area (Å²) in [4.78, 5) is 41.3. The van der Waals surface area contributed by atoms with Gasteiger partial charge in [0.05, 0.1) is 23.4 Å². The molecule has 218 valence electrons. The van der Waals surface area contributed by atoms with Crippen molar-refractivity contribution in [3.05, 3.63) is 74.7 Å². The Balaban J connectivity index is 1.87. The number of carboxylic acid groups (broad SMARTS) is 1. The standard InChI is InChI=1S/C25H19BrClF5N4O5/c1-41-20-7-6-19(33-22(37)14-10-16(27)17(29)11-15(14)26)21(35-20)36(24(39)40)8-2-3-12-9-13(28)4-5-18(12)34-23(38)25(30,31)32/h4-7,9-11H,2-3,8H2,1H3,(H,33,37)(H,34,38)(H,39,40). The number of amides is 3. The van der Waals surface area contributed by atoms with Gasteiger partial charge >= 0.3 is 18.2 Å². The average Bonchev–Trinajstić information content (AvgIpc) is 2.89. The summed E-state index contributed by atoms with van der Waals surface area (Å²) in [5.74, 6) is -4.91. The second-order valence-electron chi connectivity index (χ2n) is 8.22. The van der Waals surface area contributed by atoms with E-state index in [1.54, 1.807) is 5.32 Å². The summed E-state index contributed by atoms with van der Waals surface area (Å²) in [5.41, 5.74) is -0.473. The summed E-state index contributed by atoms with van der Waals surface area (Å²) in [6.45, 7) is -0.326. The van der Waals surface area contributed by atoms with E-state index >= 15 is 0 Å². The van der Waals surface area contributed by atoms with Crippen molar-refractivity contribution < 1.29 is 46.2 Å². The van der Waals surface area contributed by atoms with Crippen LogP contribution in [0.25, 0.3) is 0 Å². The molecule has 0 atom stereocenters. The van der Waals surface area contributed by atoms with Crippen molar-refractivity contribution in [1.29, 1.82) is 0 Å². The molecule has 0 aliphatic carbocycles. The van der Waals surface area contributed by atoms with Crippen molar-refractivity contribution in [1.82, 2.24) is 4.98 Å². The van der Waals surface area contributed by atoms with Crippen LogP contribution in [0.5, 0.6) is 5.88 Å². The van der Waals surface area contributed by atoms with E-state index in [4.69, 9.17) is 16.3 Å². The van der Waals surface area contributed by atoms with Crippen molar-refractivity contribution in [2.45, 2.75) is 19.0 Å². The first-order valence-corrected chi connectivity index (χ1v) is 12.6. The minimum absolute atomic E-state index is 0.0156. The van der Waals surface area contributed by atoms with Gasteiger partial charge in [-0.05, 0) is 70.7 Å². The van der Waals surface area contributed by atoms with Gasteiger partial charge in [-0.25, -0.2) is 13.6 Å². The maximum atomic E-state index is 13.8. The van der Waals surface area contributed by atoms with E-state index in [1.165, 1.54) is 19.2 Å². The van der Waals surface area contributed by atoms with Crippen LogP contribution in [0.2, 0.25) is 5.02 Å². The molecule has 0 saturated heterocycles. The van der Waals surface area contributed by atoms with Crippen LogP contribution < -0.4 is 20.3 Å². The number of benzene rings is 2. The lowest BCUT2D eigenvalue weighted by Gasteiger charge is -2.22. The molecule has 41 heavy (non-hydrogen) atoms. The fourth-order valence-corrected chi connectivity index (χ4v) is 4.20. The Kier molecular flexibility index (Phi) is 10.1. The molecule has 3 N–H and O–H groups in total. The molecule has 0 fully saturated rings. The van der Waals surface area contributed by atoms with E-state index in [1.807, 2.05) is 0 Å². The molecule has 0 unspecified atom stereocenters. The van der Waals surface area contributed by atoms with E-state index in [9.17, 15) is 41.4 Å². The summed E-state index contributed by atoms with van der Waals surface area (Å²) in [6.07, 6.45) is -6.92. The molecule has 2 aromatic carbocycles. The molecule has 3 amide bonds. The number of nitrogens with one attached hydrogen (secondary N) is 2. The number of rotatable bonds is 9. The highest BCUT2D eigenvalue weighted by Crippen LogP contribution is 2.31. The SMILES string of the molecule is COc1ccc(NC(=O)c2cc(Cl)c(F)cc2Br)c(N(CCCc2cc(F)ccc2NC(=O)C(F)(F)F)C(=O)O)n1. The molecule has 16 heteroatoms. The zero-order chi connectivity index (χ0) is 30.5. The number of alkyl halides is 3. The highest BCUT2D eigenvalue weighted by Gasteiger charge is 2.39. The predicted octanol–water partition coefficient (Wildman–Crippen LogP) is 6.65. The fraction of sp³-hybridized carbons (Fsp3) is 0.200. The summed E-state index contributed by atoms with van der Waals surface area (Å²) in [7, 11) is 1.27. The minimum atomic E-state index is -5.18. The van der Waals surface area contributed by atoms with E-state index in [-0.39, 0.29) is 63.1 Å². The average molecular weight is 666 g/mol. The van der Waals surface area contributed by atoms with Gasteiger partial charge in [-0.3, -0.25) is 14.5 Å². The van der Waals surface area contributed by atoms with Gasteiger partial charge in [0.15, 0.2) is 5.82 Å². The fourth-order valence-electron chi connectivity index (χ4n) is 3.54. The lowest BCUT2D eigenvalue weighted by molar-refractivity contribution is -0.167. The van der Waals surface area contributed by atoms with Crippen molar-refractivity contribution in [2.24, 2.45) is 0 Å². The van der Waals surface area contributed by atoms with Crippen LogP contribution in [0.3, 0.4) is 0 Å². The Bertz CT molecular complexity index is 1490. The number of methoxy groups -OCH3 is 1. The maximum absolute atomic E-state index is 13.8. The number of halogens is 7. The topological polar surface area (TPSA) is 121 Å². The van der Waals surface area contributed by atoms with Crippen LogP contribution >= 0.6 is 27.5 Å². The smallest absolute Gasteiger partial charge is 0.471 e. The first kappa shape index (κ1) is 31.5. The van der Waals surface area contributed by atoms with Gasteiger partial charge in [0.25, 0.3) is 5.91 Å². The molecule has 1 heterocycles. The zero-order valence-corrected chi connectivity index (χ0v) is 23.1. The molecular formula is C25H19BrClF5N4O5. The summed E-state index contributed by atoms with van der Waals surface area (Å²) in [6, 6.07) is 7.43. The van der Waals surface area contributed by atoms with E-state index in [0.717, 1.165) is 35.2 Å². The Hall–Kier alpha value is -3.98. The lowest BCUT2D eigenvalue weighted by atomic mass is 10.1. The third-order valence-corrected chi connectivity index (χ3v) is 6.39. The van der Waals surface area contributed by atoms with Crippen LogP contribution in [0.1, 0.15) is 22.3 Å². The van der Waals surface area contributed by atoms with Gasteiger partial charge in [-0.15, -0.1) is 0 Å². The highest BCUT2D eigenvalue weighted by atomic mass is 79.9. The second-order valence-corrected chi connectivity index (χ2v) is 9.48. The summed E-state index contributed by atoms with van der Waals surface area (Å²) >= 11 is 8.85. The molecule has 3 rings (SSSR count). The van der Waals surface area contributed by atoms with Gasteiger partial charge in [-0.1, -0.05) is 11.6 Å². The van der Waals surface area contributed by atoms with Crippen LogP contribution in [-0.2, 0) is 11.2 Å². The number of aryl methyl sites for hydroxylation is 1. The number of ether oxygens (including phenoxy) is 1. The van der Waals surface area contributed by atoms with Crippen LogP contribution in [0.15, 0.2) is 46.9 Å². The number of nitrogens with zero attached hydrogens (tertiary/aromatic N) is 2. The Morgan fingerprint density at radius 1 is 1.07 bits per heavy atom. The van der Waals surface area contributed by atoms with Gasteiger partial charge in [-0.2, -0.15) is 18.2 Å². The minimum Gasteiger partial charge on any atom is -0.481 e. The normalized spacial score (nSPS) is 11.1. The van der Waals surface area contributed by atoms with Gasteiger partial charge in [0, 0.05) is 22.8 Å². The molecule has 1 aromatic heterocycles. The molecule has 0 aliphatic rings. The Morgan fingerprint density at radius 3 is 2.39 bits per heavy atom. The van der Waals surface area contributed by atoms with Crippen LogP contribution in [-0.4, -0.2) is 47.8 Å². The number of hydrogen-bond donors (Lipinski definition) is 3. The lowest BCUT2D eigenvalue weighted by Crippen LogP contribution is -2.33. The first-order valence-electron chi connectivity index (χ1n) is 11.4. The van der Waals surface area contributed by atoms with Crippen LogP contribution in [0, 0.1) is 11.6 Å². The third-order valence-electron chi connectivity index (χ3n) is 5.45. The monoisotopic (exact) mass is 664 g/mol. The first-order chi connectivity index (χ1) is 19.2. The summed E-state index contributed by atoms with van der Waals surface area (Å²) < 4.78 is 70.8. The van der Waals surface area contributed by atoms with Gasteiger partial charge < -0.3 is 20.5 Å². The zero-order valence-electron chi connectivity index (χ0n) is 20.8. The Morgan fingerprint density at radius 2 is 1.76 bits per heavy atom. The van der Waals surface area contributed by atoms with Crippen molar-refractivity contribution in [3.63, 3.8) is 0 Å². The maximum Gasteiger partial charge on any atom is 0.471 e. The molecule has 0 saturated carbocycles. The number of carbonyl (C=O) groups excluding carboxylic acids is 2. The molecular weight excluding hydrogens is 647 g/mol. The number of hydrogen-bond acceptors (Lipinski definition) is 5. The van der Waals surface area contributed by atoms with Crippen molar-refractivity contribution in [3.8, 4) is 5.88 Å². The van der Waals surface area contributed by atoms with E-state index < -0.39 is 35.7 Å². The van der Waals surface area contributed by atoms with E-state index in [0.29, 0.717) is 0 Å². The van der Waals surface area contributed by atoms with Crippen molar-refractivity contribution >= 4 is 62.6 Å². The second kappa shape index (κ2) is 13.1. The molecule has 9 nitrogen and oxygen atoms in total. The Labute approximate surface area is 242 Å². The predicted molar refractivity (Wildman–Crippen MR) is 143 cm³/mol. The molecule has 0 spiro atoms. The third kappa shape index (κ3) is 8.04. The van der Waals surface area contributed by atoms with Crippen molar-refractivity contribution in [2.75, 3.05) is 29.2 Å². The van der Waals surface area contributed by atoms with Gasteiger partial charge in [0.2, 0.25) is 5.88 Å². The van der Waals surface area contributed by atoms with E-state index in [2.05, 4.69) is 26.2 Å². The number of anilines is 3. The number of pyridine rings is 1. The molecule has 3 aromatic rings. The quantitative estimate of drug-likeness (QED) is 0.174. The van der Waals surface area contributed by atoms with Gasteiger partial charge in [0.1, 0.15) is 11.6 Å². The number of carbonyl (C=O) groups is 3. The highest BCUT2D eigenvalue weighted by molar-refractivity contribution is 9.10.